The minimum Gasteiger partial charge on any atom is -0.497 e. The molecule has 0 saturated carbocycles. The van der Waals surface area contributed by atoms with E-state index in [2.05, 4.69) is 21.0 Å². The van der Waals surface area contributed by atoms with Gasteiger partial charge in [0.2, 0.25) is 0 Å². The van der Waals surface area contributed by atoms with E-state index >= 15 is 0 Å². The van der Waals surface area contributed by atoms with Crippen LogP contribution in [0.15, 0.2) is 53.7 Å². The number of β-amino-alcohol motifs (C(OH)–C–C–N with tert-alkyl or cyclic N) is 1. The molecule has 7 nitrogen and oxygen atoms in total. The number of methoxy groups -OCH3 is 2. The van der Waals surface area contributed by atoms with E-state index in [0.717, 1.165) is 48.9 Å². The molecule has 156 valence electrons. The van der Waals surface area contributed by atoms with E-state index in [1.165, 1.54) is 0 Å². The first-order valence-electron chi connectivity index (χ1n) is 9.77. The summed E-state index contributed by atoms with van der Waals surface area (Å²) < 4.78 is 10.6. The van der Waals surface area contributed by atoms with Gasteiger partial charge in [-0.25, -0.2) is 0 Å². The molecular weight excluding hydrogens is 370 g/mol. The number of anilines is 1. The molecule has 2 aromatic carbocycles. The molecule has 0 spiro atoms. The summed E-state index contributed by atoms with van der Waals surface area (Å²) in [4.78, 5) is 9.82. The maximum atomic E-state index is 10.3. The Hall–Kier alpha value is -2.77. The summed E-state index contributed by atoms with van der Waals surface area (Å²) in [7, 11) is 3.32. The second-order valence-electron chi connectivity index (χ2n) is 6.92. The van der Waals surface area contributed by atoms with Gasteiger partial charge in [0.25, 0.3) is 0 Å². The molecule has 0 unspecified atom stereocenters. The molecule has 0 amide bonds. The van der Waals surface area contributed by atoms with Crippen LogP contribution in [-0.2, 0) is 4.84 Å². The highest BCUT2D eigenvalue weighted by atomic mass is 16.6. The molecule has 2 aromatic rings. The van der Waals surface area contributed by atoms with Crippen molar-refractivity contribution < 1.29 is 19.4 Å². The molecule has 0 bridgehead atoms. The lowest BCUT2D eigenvalue weighted by molar-refractivity contribution is 0.0186. The summed E-state index contributed by atoms with van der Waals surface area (Å²) in [5, 5.41) is 14.2. The molecule has 0 radical (unpaired) electrons. The first kappa shape index (κ1) is 21.0. The Balaban J connectivity index is 1.39. The van der Waals surface area contributed by atoms with Gasteiger partial charge in [-0.1, -0.05) is 29.4 Å². The van der Waals surface area contributed by atoms with Gasteiger partial charge in [0.15, 0.2) is 0 Å². The summed E-state index contributed by atoms with van der Waals surface area (Å²) in [5.74, 6) is 1.66. The summed E-state index contributed by atoms with van der Waals surface area (Å²) in [6, 6.07) is 15.6. The Bertz CT molecular complexity index is 791. The van der Waals surface area contributed by atoms with E-state index in [4.69, 9.17) is 14.3 Å². The topological polar surface area (TPSA) is 66.8 Å². The number of hydrogen-bond acceptors (Lipinski definition) is 7. The molecule has 7 heteroatoms. The molecule has 1 heterocycles. The van der Waals surface area contributed by atoms with E-state index in [1.807, 2.05) is 42.5 Å². The monoisotopic (exact) mass is 399 g/mol. The molecule has 1 fully saturated rings. The van der Waals surface area contributed by atoms with Crippen LogP contribution in [0.4, 0.5) is 5.69 Å². The van der Waals surface area contributed by atoms with Crippen molar-refractivity contribution in [3.05, 3.63) is 54.1 Å². The number of benzene rings is 2. The van der Waals surface area contributed by atoms with Crippen molar-refractivity contribution in [3.8, 4) is 11.5 Å². The molecule has 3 rings (SSSR count). The van der Waals surface area contributed by atoms with Gasteiger partial charge in [0.1, 0.15) is 24.2 Å². The number of nitrogens with zero attached hydrogens (tertiary/aromatic N) is 3. The second-order valence-corrected chi connectivity index (χ2v) is 6.92. The third-order valence-corrected chi connectivity index (χ3v) is 4.90. The molecule has 1 saturated heterocycles. The predicted octanol–water partition coefficient (Wildman–Crippen LogP) is 2.24. The molecule has 1 aliphatic rings. The summed E-state index contributed by atoms with van der Waals surface area (Å²) in [6.07, 6.45) is 1.02. The van der Waals surface area contributed by atoms with Crippen LogP contribution in [0.25, 0.3) is 0 Å². The Morgan fingerprint density at radius 3 is 2.59 bits per heavy atom. The van der Waals surface area contributed by atoms with Crippen molar-refractivity contribution in [1.82, 2.24) is 4.90 Å². The van der Waals surface area contributed by atoms with E-state index in [1.54, 1.807) is 20.4 Å². The molecular formula is C22H29N3O4. The van der Waals surface area contributed by atoms with Crippen LogP contribution in [-0.4, -0.2) is 75.9 Å². The Morgan fingerprint density at radius 1 is 1.03 bits per heavy atom. The number of ether oxygens (including phenoxy) is 2. The third kappa shape index (κ3) is 6.10. The lowest BCUT2D eigenvalue weighted by Gasteiger charge is -2.37. The van der Waals surface area contributed by atoms with Crippen LogP contribution in [0.3, 0.4) is 0 Å². The molecule has 0 aliphatic carbocycles. The van der Waals surface area contributed by atoms with E-state index in [9.17, 15) is 5.11 Å². The lowest BCUT2D eigenvalue weighted by atomic mass is 10.2. The number of oxime groups is 1. The highest BCUT2D eigenvalue weighted by molar-refractivity contribution is 5.79. The average Bonchev–Trinajstić information content (AvgIpc) is 2.77. The van der Waals surface area contributed by atoms with Crippen LogP contribution in [0.5, 0.6) is 11.5 Å². The number of aliphatic hydroxyl groups excluding tert-OH is 1. The molecule has 1 N–H and O–H groups in total. The van der Waals surface area contributed by atoms with Gasteiger partial charge in [0, 0.05) is 32.7 Å². The fourth-order valence-corrected chi connectivity index (χ4v) is 3.36. The minimum absolute atomic E-state index is 0.160. The number of piperazine rings is 1. The molecule has 29 heavy (non-hydrogen) atoms. The van der Waals surface area contributed by atoms with Gasteiger partial charge in [-0.2, -0.15) is 0 Å². The van der Waals surface area contributed by atoms with Gasteiger partial charge in [0.05, 0.1) is 26.1 Å². The smallest absolute Gasteiger partial charge is 0.144 e. The van der Waals surface area contributed by atoms with Crippen molar-refractivity contribution >= 4 is 11.9 Å². The van der Waals surface area contributed by atoms with Crippen molar-refractivity contribution in [2.24, 2.45) is 5.16 Å². The van der Waals surface area contributed by atoms with Gasteiger partial charge in [-0.3, -0.25) is 4.90 Å². The minimum atomic E-state index is -0.588. The predicted molar refractivity (Wildman–Crippen MR) is 114 cm³/mol. The van der Waals surface area contributed by atoms with Crippen LogP contribution in [0.1, 0.15) is 5.56 Å². The third-order valence-electron chi connectivity index (χ3n) is 4.90. The summed E-state index contributed by atoms with van der Waals surface area (Å²) in [5.41, 5.74) is 2.00. The number of hydrogen-bond donors (Lipinski definition) is 1. The van der Waals surface area contributed by atoms with Crippen molar-refractivity contribution in [3.63, 3.8) is 0 Å². The zero-order valence-corrected chi connectivity index (χ0v) is 17.0. The molecule has 0 aromatic heterocycles. The quantitative estimate of drug-likeness (QED) is 0.515. The van der Waals surface area contributed by atoms with Gasteiger partial charge in [-0.05, 0) is 29.8 Å². The van der Waals surface area contributed by atoms with Crippen molar-refractivity contribution in [2.45, 2.75) is 6.10 Å². The van der Waals surface area contributed by atoms with Gasteiger partial charge < -0.3 is 24.3 Å². The largest absolute Gasteiger partial charge is 0.497 e. The number of para-hydroxylation sites is 2. The summed E-state index contributed by atoms with van der Waals surface area (Å²) >= 11 is 0. The Morgan fingerprint density at radius 2 is 1.83 bits per heavy atom. The fraction of sp³-hybridized carbons (Fsp3) is 0.409. The van der Waals surface area contributed by atoms with Gasteiger partial charge >= 0.3 is 0 Å². The van der Waals surface area contributed by atoms with Crippen LogP contribution < -0.4 is 14.4 Å². The van der Waals surface area contributed by atoms with Crippen LogP contribution >= 0.6 is 0 Å². The normalized spacial score (nSPS) is 16.0. The Kier molecular flexibility index (Phi) is 7.72. The van der Waals surface area contributed by atoms with Crippen LogP contribution in [0, 0.1) is 0 Å². The highest BCUT2D eigenvalue weighted by Crippen LogP contribution is 2.28. The Labute approximate surface area is 172 Å². The van der Waals surface area contributed by atoms with Crippen molar-refractivity contribution in [1.29, 1.82) is 0 Å². The molecule has 1 aliphatic heterocycles. The maximum absolute atomic E-state index is 10.3. The SMILES string of the molecule is COc1cccc(C=NOC[C@@H](O)CN2CCN(c3ccccc3OC)CC2)c1. The van der Waals surface area contributed by atoms with E-state index in [-0.39, 0.29) is 6.61 Å². The van der Waals surface area contributed by atoms with Gasteiger partial charge in [-0.15, -0.1) is 0 Å². The molecule has 1 atom stereocenters. The first-order valence-corrected chi connectivity index (χ1v) is 9.77. The summed E-state index contributed by atoms with van der Waals surface area (Å²) in [6.45, 7) is 4.26. The first-order chi connectivity index (χ1) is 14.2. The van der Waals surface area contributed by atoms with E-state index in [0.29, 0.717) is 6.54 Å². The number of aliphatic hydroxyl groups is 1. The fourth-order valence-electron chi connectivity index (χ4n) is 3.36. The van der Waals surface area contributed by atoms with E-state index < -0.39 is 6.10 Å². The zero-order valence-electron chi connectivity index (χ0n) is 17.0. The average molecular weight is 399 g/mol. The zero-order chi connectivity index (χ0) is 20.5. The second kappa shape index (κ2) is 10.7. The lowest BCUT2D eigenvalue weighted by Crippen LogP contribution is -2.49. The number of rotatable bonds is 9. The van der Waals surface area contributed by atoms with Crippen molar-refractivity contribution in [2.75, 3.05) is 58.5 Å². The van der Waals surface area contributed by atoms with Crippen LogP contribution in [0.2, 0.25) is 0 Å². The highest BCUT2D eigenvalue weighted by Gasteiger charge is 2.21. The standard InChI is InChI=1S/C22H29N3O4/c1-27-20-7-5-6-18(14-20)15-23-29-17-19(26)16-24-10-12-25(13-11-24)21-8-3-4-9-22(21)28-2/h3-9,14-15,19,26H,10-13,16-17H2,1-2H3/t19-/m0/s1. The maximum Gasteiger partial charge on any atom is 0.144 e.